The lowest BCUT2D eigenvalue weighted by Crippen LogP contribution is -2.48. The van der Waals surface area contributed by atoms with Crippen molar-refractivity contribution in [2.75, 3.05) is 5.75 Å². The van der Waals surface area contributed by atoms with Crippen molar-refractivity contribution in [1.29, 1.82) is 0 Å². The third-order valence-corrected chi connectivity index (χ3v) is 6.72. The minimum absolute atomic E-state index is 0.0500. The molecule has 1 aromatic rings. The quantitative estimate of drug-likeness (QED) is 0.898. The van der Waals surface area contributed by atoms with Crippen LogP contribution in [-0.4, -0.2) is 31.4 Å². The molecule has 0 aromatic heterocycles. The largest absolute Gasteiger partial charge is 0.352 e. The van der Waals surface area contributed by atoms with Crippen LogP contribution in [-0.2, 0) is 21.1 Å². The van der Waals surface area contributed by atoms with E-state index in [0.717, 1.165) is 12.8 Å². The smallest absolute Gasteiger partial charge is 0.238 e. The van der Waals surface area contributed by atoms with Crippen LogP contribution in [0.15, 0.2) is 30.3 Å². The minimum atomic E-state index is -3.26. The molecule has 4 nitrogen and oxygen atoms in total. The van der Waals surface area contributed by atoms with E-state index in [1.54, 1.807) is 0 Å². The summed E-state index contributed by atoms with van der Waals surface area (Å²) in [6, 6.07) is 10.1. The van der Waals surface area contributed by atoms with Crippen molar-refractivity contribution in [3.63, 3.8) is 0 Å². The predicted molar refractivity (Wildman–Crippen MR) is 93.0 cm³/mol. The van der Waals surface area contributed by atoms with E-state index in [1.807, 2.05) is 18.2 Å². The lowest BCUT2D eigenvalue weighted by Gasteiger charge is -2.32. The molecule has 128 valence electrons. The van der Waals surface area contributed by atoms with Gasteiger partial charge in [0.2, 0.25) is 5.91 Å². The van der Waals surface area contributed by atoms with Gasteiger partial charge in [-0.05, 0) is 36.7 Å². The first-order valence-electron chi connectivity index (χ1n) is 8.26. The van der Waals surface area contributed by atoms with Gasteiger partial charge in [0.05, 0.1) is 5.75 Å². The van der Waals surface area contributed by atoms with Crippen molar-refractivity contribution in [3.8, 4) is 0 Å². The van der Waals surface area contributed by atoms with Crippen molar-refractivity contribution in [2.24, 2.45) is 5.41 Å². The Hall–Kier alpha value is -1.36. The monoisotopic (exact) mass is 337 g/mol. The Morgan fingerprint density at radius 3 is 2.43 bits per heavy atom. The summed E-state index contributed by atoms with van der Waals surface area (Å²) in [6.07, 6.45) is 2.70. The number of aryl methyl sites for hydroxylation is 1. The van der Waals surface area contributed by atoms with Gasteiger partial charge in [-0.1, -0.05) is 51.1 Å². The second-order valence-corrected chi connectivity index (χ2v) is 9.75. The molecule has 0 bridgehead atoms. The predicted octanol–water partition coefficient (Wildman–Crippen LogP) is 2.73. The number of carbonyl (C=O) groups is 1. The number of benzene rings is 1. The highest BCUT2D eigenvalue weighted by molar-refractivity contribution is 7.93. The highest BCUT2D eigenvalue weighted by Crippen LogP contribution is 2.25. The zero-order chi connectivity index (χ0) is 17.1. The number of sulfone groups is 1. The number of hydrogen-bond acceptors (Lipinski definition) is 3. The van der Waals surface area contributed by atoms with Gasteiger partial charge in [-0.2, -0.15) is 0 Å². The zero-order valence-corrected chi connectivity index (χ0v) is 15.0. The molecule has 23 heavy (non-hydrogen) atoms. The molecule has 1 aromatic carbocycles. The normalized spacial score (nSPS) is 21.8. The maximum absolute atomic E-state index is 12.4. The van der Waals surface area contributed by atoms with Gasteiger partial charge in [0, 0.05) is 6.04 Å². The van der Waals surface area contributed by atoms with Crippen LogP contribution in [0.2, 0.25) is 0 Å². The van der Waals surface area contributed by atoms with Gasteiger partial charge in [0.25, 0.3) is 0 Å². The Labute approximate surface area is 139 Å². The standard InChI is InChI=1S/C18H27NO3S/c1-18(2,3)16(12-11-14-8-5-4-6-9-14)19-17(20)15-10-7-13-23(15,21)22/h4-6,8-9,15-16H,7,10-13H2,1-3H3,(H,19,20). The lowest BCUT2D eigenvalue weighted by atomic mass is 9.83. The van der Waals surface area contributed by atoms with Crippen molar-refractivity contribution < 1.29 is 13.2 Å². The Bertz CT molecular complexity index is 632. The first-order valence-corrected chi connectivity index (χ1v) is 9.97. The van der Waals surface area contributed by atoms with E-state index in [0.29, 0.717) is 12.8 Å². The summed E-state index contributed by atoms with van der Waals surface area (Å²) in [4.78, 5) is 12.4. The average molecular weight is 337 g/mol. The molecule has 1 N–H and O–H groups in total. The molecule has 0 spiro atoms. The van der Waals surface area contributed by atoms with Crippen molar-refractivity contribution >= 4 is 15.7 Å². The second-order valence-electron chi connectivity index (χ2n) is 7.45. The summed E-state index contributed by atoms with van der Waals surface area (Å²) < 4.78 is 23.9. The second kappa shape index (κ2) is 7.04. The molecule has 2 atom stereocenters. The van der Waals surface area contributed by atoms with Crippen molar-refractivity contribution in [2.45, 2.75) is 57.7 Å². The molecule has 1 saturated heterocycles. The molecule has 0 aliphatic carbocycles. The molecular formula is C18H27NO3S. The van der Waals surface area contributed by atoms with Crippen LogP contribution in [0.5, 0.6) is 0 Å². The maximum Gasteiger partial charge on any atom is 0.238 e. The summed E-state index contributed by atoms with van der Waals surface area (Å²) >= 11 is 0. The van der Waals surface area contributed by atoms with Crippen LogP contribution in [0, 0.1) is 5.41 Å². The topological polar surface area (TPSA) is 63.2 Å². The molecule has 1 aliphatic heterocycles. The van der Waals surface area contributed by atoms with Crippen LogP contribution >= 0.6 is 0 Å². The van der Waals surface area contributed by atoms with Gasteiger partial charge < -0.3 is 5.32 Å². The van der Waals surface area contributed by atoms with Gasteiger partial charge >= 0.3 is 0 Å². The molecule has 1 heterocycles. The summed E-state index contributed by atoms with van der Waals surface area (Å²) in [7, 11) is -3.26. The molecule has 2 unspecified atom stereocenters. The van der Waals surface area contributed by atoms with Gasteiger partial charge in [0.15, 0.2) is 9.84 Å². The average Bonchev–Trinajstić information content (AvgIpc) is 2.82. The fourth-order valence-electron chi connectivity index (χ4n) is 3.03. The Kier molecular flexibility index (Phi) is 5.50. The Morgan fingerprint density at radius 2 is 1.91 bits per heavy atom. The number of carbonyl (C=O) groups excluding carboxylic acids is 1. The minimum Gasteiger partial charge on any atom is -0.352 e. The molecule has 2 rings (SSSR count). The molecule has 1 aliphatic rings. The van der Waals surface area contributed by atoms with E-state index >= 15 is 0 Å². The fraction of sp³-hybridized carbons (Fsp3) is 0.611. The van der Waals surface area contributed by atoms with E-state index < -0.39 is 15.1 Å². The van der Waals surface area contributed by atoms with Gasteiger partial charge in [-0.3, -0.25) is 4.79 Å². The summed E-state index contributed by atoms with van der Waals surface area (Å²) in [5.41, 5.74) is 1.11. The molecular weight excluding hydrogens is 310 g/mol. The van der Waals surface area contributed by atoms with E-state index in [-0.39, 0.29) is 23.1 Å². The summed E-state index contributed by atoms with van der Waals surface area (Å²) in [5, 5.41) is 2.15. The van der Waals surface area contributed by atoms with Crippen LogP contribution in [0.4, 0.5) is 0 Å². The van der Waals surface area contributed by atoms with E-state index in [4.69, 9.17) is 0 Å². The maximum atomic E-state index is 12.4. The van der Waals surface area contributed by atoms with Crippen LogP contribution in [0.25, 0.3) is 0 Å². The first-order chi connectivity index (χ1) is 10.7. The van der Waals surface area contributed by atoms with Crippen LogP contribution < -0.4 is 5.32 Å². The fourth-order valence-corrected chi connectivity index (χ4v) is 4.80. The SMILES string of the molecule is CC(C)(C)C(CCc1ccccc1)NC(=O)C1CCCS1(=O)=O. The molecule has 1 fully saturated rings. The highest BCUT2D eigenvalue weighted by atomic mass is 32.2. The number of nitrogens with one attached hydrogen (secondary N) is 1. The van der Waals surface area contributed by atoms with Crippen molar-refractivity contribution in [1.82, 2.24) is 5.32 Å². The van der Waals surface area contributed by atoms with E-state index in [1.165, 1.54) is 5.56 Å². The third-order valence-electron chi connectivity index (χ3n) is 4.55. The van der Waals surface area contributed by atoms with Gasteiger partial charge in [-0.15, -0.1) is 0 Å². The highest BCUT2D eigenvalue weighted by Gasteiger charge is 2.39. The zero-order valence-electron chi connectivity index (χ0n) is 14.2. The number of rotatable bonds is 5. The Balaban J connectivity index is 2.03. The first kappa shape index (κ1) is 18.0. The van der Waals surface area contributed by atoms with Crippen LogP contribution in [0.3, 0.4) is 0 Å². The van der Waals surface area contributed by atoms with E-state index in [2.05, 4.69) is 38.2 Å². The van der Waals surface area contributed by atoms with Crippen molar-refractivity contribution in [3.05, 3.63) is 35.9 Å². The van der Waals surface area contributed by atoms with E-state index in [9.17, 15) is 13.2 Å². The lowest BCUT2D eigenvalue weighted by molar-refractivity contribution is -0.122. The molecule has 0 saturated carbocycles. The van der Waals surface area contributed by atoms with Gasteiger partial charge in [-0.25, -0.2) is 8.42 Å². The molecule has 5 heteroatoms. The Morgan fingerprint density at radius 1 is 1.26 bits per heavy atom. The summed E-state index contributed by atoms with van der Waals surface area (Å²) in [5.74, 6) is -0.189. The number of hydrogen-bond donors (Lipinski definition) is 1. The van der Waals surface area contributed by atoms with Crippen LogP contribution in [0.1, 0.15) is 45.6 Å². The number of amides is 1. The van der Waals surface area contributed by atoms with Gasteiger partial charge in [0.1, 0.15) is 5.25 Å². The molecule has 0 radical (unpaired) electrons. The third kappa shape index (κ3) is 4.80. The molecule has 1 amide bonds. The summed E-state index contributed by atoms with van der Waals surface area (Å²) in [6.45, 7) is 6.23.